The molecule has 0 saturated carbocycles. The summed E-state index contributed by atoms with van der Waals surface area (Å²) < 4.78 is 28.4. The highest BCUT2D eigenvalue weighted by Gasteiger charge is 2.08. The van der Waals surface area contributed by atoms with Crippen LogP contribution in [0.1, 0.15) is 12.1 Å². The molecule has 0 aliphatic heterocycles. The van der Waals surface area contributed by atoms with Crippen LogP contribution in [0.5, 0.6) is 0 Å². The first kappa shape index (κ1) is 15.7. The number of aromatic nitrogens is 3. The van der Waals surface area contributed by atoms with Crippen molar-refractivity contribution in [3.63, 3.8) is 0 Å². The molecule has 0 spiro atoms. The second-order valence-electron chi connectivity index (χ2n) is 5.23. The Labute approximate surface area is 136 Å². The number of halogens is 2. The summed E-state index contributed by atoms with van der Waals surface area (Å²) in [6.45, 7) is 2.63. The molecule has 3 rings (SSSR count). The standard InChI is InChI=1S/C16H16F2N4S/c1-10-7-13-15(16(19)21-10)20-9-22(13)5-2-6-23-14-4-3-11(17)8-12(14)18/h3-4,7-9H,2,5-6H2,1H3,(H2,19,21). The van der Waals surface area contributed by atoms with Gasteiger partial charge in [-0.05, 0) is 37.3 Å². The van der Waals surface area contributed by atoms with Gasteiger partial charge in [0.15, 0.2) is 5.82 Å². The maximum Gasteiger partial charge on any atom is 0.151 e. The van der Waals surface area contributed by atoms with E-state index in [1.54, 1.807) is 6.33 Å². The average Bonchev–Trinajstić information content (AvgIpc) is 2.89. The molecule has 2 heterocycles. The molecule has 1 aromatic carbocycles. The number of nitrogen functional groups attached to an aromatic ring is 1. The van der Waals surface area contributed by atoms with Gasteiger partial charge in [0.2, 0.25) is 0 Å². The summed E-state index contributed by atoms with van der Waals surface area (Å²) in [4.78, 5) is 8.94. The van der Waals surface area contributed by atoms with Crippen LogP contribution in [0, 0.1) is 18.6 Å². The molecular weight excluding hydrogens is 318 g/mol. The van der Waals surface area contributed by atoms with Crippen LogP contribution in [-0.2, 0) is 6.54 Å². The van der Waals surface area contributed by atoms with Gasteiger partial charge in [-0.15, -0.1) is 11.8 Å². The van der Waals surface area contributed by atoms with Gasteiger partial charge in [0.25, 0.3) is 0 Å². The second-order valence-corrected chi connectivity index (χ2v) is 6.37. The highest BCUT2D eigenvalue weighted by Crippen LogP contribution is 2.24. The van der Waals surface area contributed by atoms with Crippen LogP contribution in [0.15, 0.2) is 35.5 Å². The number of imidazole rings is 1. The fourth-order valence-electron chi connectivity index (χ4n) is 2.40. The number of rotatable bonds is 5. The molecule has 0 unspecified atom stereocenters. The van der Waals surface area contributed by atoms with Crippen molar-refractivity contribution in [2.24, 2.45) is 0 Å². The molecule has 2 N–H and O–H groups in total. The molecule has 120 valence electrons. The lowest BCUT2D eigenvalue weighted by Gasteiger charge is -2.06. The summed E-state index contributed by atoms with van der Waals surface area (Å²) in [5, 5.41) is 0. The van der Waals surface area contributed by atoms with Crippen LogP contribution in [0.25, 0.3) is 11.0 Å². The molecular formula is C16H16F2N4S. The zero-order chi connectivity index (χ0) is 16.4. The second kappa shape index (κ2) is 6.54. The molecule has 0 aliphatic rings. The van der Waals surface area contributed by atoms with E-state index >= 15 is 0 Å². The van der Waals surface area contributed by atoms with Gasteiger partial charge in [-0.2, -0.15) is 0 Å². The third-order valence-electron chi connectivity index (χ3n) is 3.46. The number of hydrogen-bond donors (Lipinski definition) is 1. The Hall–Kier alpha value is -2.15. The molecule has 0 bridgehead atoms. The van der Waals surface area contributed by atoms with E-state index < -0.39 is 11.6 Å². The van der Waals surface area contributed by atoms with Crippen molar-refractivity contribution in [3.8, 4) is 0 Å². The molecule has 7 heteroatoms. The smallest absolute Gasteiger partial charge is 0.151 e. The van der Waals surface area contributed by atoms with Crippen molar-refractivity contribution < 1.29 is 8.78 Å². The Morgan fingerprint density at radius 1 is 1.26 bits per heavy atom. The van der Waals surface area contributed by atoms with Gasteiger partial charge in [-0.1, -0.05) is 0 Å². The summed E-state index contributed by atoms with van der Waals surface area (Å²) in [5.41, 5.74) is 8.37. The van der Waals surface area contributed by atoms with Gasteiger partial charge in [0, 0.05) is 23.2 Å². The number of nitrogens with two attached hydrogens (primary N) is 1. The number of aryl methyl sites for hydroxylation is 2. The number of hydrogen-bond acceptors (Lipinski definition) is 4. The average molecular weight is 334 g/mol. The first-order valence-electron chi connectivity index (χ1n) is 7.20. The van der Waals surface area contributed by atoms with Crippen LogP contribution in [0.2, 0.25) is 0 Å². The van der Waals surface area contributed by atoms with Crippen LogP contribution in [0.3, 0.4) is 0 Å². The maximum absolute atomic E-state index is 13.6. The molecule has 0 saturated heterocycles. The molecule has 0 amide bonds. The molecule has 0 aliphatic carbocycles. The third kappa shape index (κ3) is 3.44. The number of anilines is 1. The number of pyridine rings is 1. The Bertz CT molecular complexity index is 847. The van der Waals surface area contributed by atoms with Gasteiger partial charge in [0.1, 0.15) is 17.2 Å². The van der Waals surface area contributed by atoms with Crippen LogP contribution < -0.4 is 5.73 Å². The minimum atomic E-state index is -0.557. The predicted molar refractivity (Wildman–Crippen MR) is 88.4 cm³/mol. The van der Waals surface area contributed by atoms with E-state index in [4.69, 9.17) is 5.73 Å². The molecule has 3 aromatic rings. The molecule has 2 aromatic heterocycles. The van der Waals surface area contributed by atoms with Crippen molar-refractivity contribution in [2.75, 3.05) is 11.5 Å². The Balaban J connectivity index is 1.63. The number of benzene rings is 1. The summed E-state index contributed by atoms with van der Waals surface area (Å²) in [5.74, 6) is 0.0827. The lowest BCUT2D eigenvalue weighted by atomic mass is 10.3. The Morgan fingerprint density at radius 3 is 2.87 bits per heavy atom. The lowest BCUT2D eigenvalue weighted by molar-refractivity contribution is 0.565. The minimum Gasteiger partial charge on any atom is -0.382 e. The van der Waals surface area contributed by atoms with Gasteiger partial charge >= 0.3 is 0 Å². The van der Waals surface area contributed by atoms with Crippen LogP contribution in [0.4, 0.5) is 14.6 Å². The third-order valence-corrected chi connectivity index (χ3v) is 4.59. The fraction of sp³-hybridized carbons (Fsp3) is 0.250. The largest absolute Gasteiger partial charge is 0.382 e. The number of thioether (sulfide) groups is 1. The van der Waals surface area contributed by atoms with E-state index in [2.05, 4.69) is 9.97 Å². The van der Waals surface area contributed by atoms with E-state index in [1.807, 2.05) is 17.6 Å². The Morgan fingerprint density at radius 2 is 2.09 bits per heavy atom. The zero-order valence-electron chi connectivity index (χ0n) is 12.6. The van der Waals surface area contributed by atoms with Gasteiger partial charge in [-0.3, -0.25) is 0 Å². The summed E-state index contributed by atoms with van der Waals surface area (Å²) in [6.07, 6.45) is 2.57. The topological polar surface area (TPSA) is 56.7 Å². The molecule has 0 fully saturated rings. The van der Waals surface area contributed by atoms with E-state index in [-0.39, 0.29) is 0 Å². The maximum atomic E-state index is 13.6. The zero-order valence-corrected chi connectivity index (χ0v) is 13.4. The lowest BCUT2D eigenvalue weighted by Crippen LogP contribution is -1.99. The first-order valence-corrected chi connectivity index (χ1v) is 8.19. The monoisotopic (exact) mass is 334 g/mol. The van der Waals surface area contributed by atoms with Crippen molar-refractivity contribution in [1.29, 1.82) is 0 Å². The highest BCUT2D eigenvalue weighted by molar-refractivity contribution is 7.99. The fourth-order valence-corrected chi connectivity index (χ4v) is 3.26. The van der Waals surface area contributed by atoms with E-state index in [0.29, 0.717) is 16.2 Å². The van der Waals surface area contributed by atoms with E-state index in [1.165, 1.54) is 23.9 Å². The molecule has 0 radical (unpaired) electrons. The van der Waals surface area contributed by atoms with E-state index in [9.17, 15) is 8.78 Å². The normalized spacial score (nSPS) is 11.3. The predicted octanol–water partition coefficient (Wildman–Crippen LogP) is 3.78. The summed E-state index contributed by atoms with van der Waals surface area (Å²) in [6, 6.07) is 5.60. The van der Waals surface area contributed by atoms with Crippen molar-refractivity contribution in [2.45, 2.75) is 24.8 Å². The number of fused-ring (bicyclic) bond motifs is 1. The van der Waals surface area contributed by atoms with Crippen molar-refractivity contribution >= 4 is 28.6 Å². The van der Waals surface area contributed by atoms with Gasteiger partial charge in [-0.25, -0.2) is 18.7 Å². The van der Waals surface area contributed by atoms with Gasteiger partial charge in [0.05, 0.1) is 11.8 Å². The SMILES string of the molecule is Cc1cc2c(ncn2CCCSc2ccc(F)cc2F)c(N)n1. The minimum absolute atomic E-state index is 0.432. The Kier molecular flexibility index (Phi) is 4.47. The molecule has 23 heavy (non-hydrogen) atoms. The highest BCUT2D eigenvalue weighted by atomic mass is 32.2. The molecule has 0 atom stereocenters. The summed E-state index contributed by atoms with van der Waals surface area (Å²) >= 11 is 1.38. The van der Waals surface area contributed by atoms with Crippen LogP contribution >= 0.6 is 11.8 Å². The van der Waals surface area contributed by atoms with Crippen molar-refractivity contribution in [1.82, 2.24) is 14.5 Å². The molecule has 4 nitrogen and oxygen atoms in total. The first-order chi connectivity index (χ1) is 11.0. The van der Waals surface area contributed by atoms with Crippen LogP contribution in [-0.4, -0.2) is 20.3 Å². The van der Waals surface area contributed by atoms with E-state index in [0.717, 1.165) is 36.0 Å². The quantitative estimate of drug-likeness (QED) is 0.570. The van der Waals surface area contributed by atoms with Gasteiger partial charge < -0.3 is 10.3 Å². The summed E-state index contributed by atoms with van der Waals surface area (Å²) in [7, 11) is 0. The number of nitrogens with zero attached hydrogens (tertiary/aromatic N) is 3. The van der Waals surface area contributed by atoms with Crippen molar-refractivity contribution in [3.05, 3.63) is 47.9 Å².